The Kier molecular flexibility index (Phi) is 4.10. The number of hydrogen-bond acceptors (Lipinski definition) is 2. The Hall–Kier alpha value is -1.41. The average Bonchev–Trinajstić information content (AvgIpc) is 2.40. The summed E-state index contributed by atoms with van der Waals surface area (Å²) in [7, 11) is 1.69. The Bertz CT molecular complexity index is 414. The van der Waals surface area contributed by atoms with Crippen molar-refractivity contribution in [3.05, 3.63) is 59.7 Å². The van der Waals surface area contributed by atoms with Gasteiger partial charge in [-0.1, -0.05) is 24.3 Å². The van der Waals surface area contributed by atoms with E-state index in [9.17, 15) is 0 Å². The lowest BCUT2D eigenvalue weighted by Gasteiger charge is -2.04. The van der Waals surface area contributed by atoms with E-state index >= 15 is 0 Å². The van der Waals surface area contributed by atoms with Gasteiger partial charge in [-0.3, -0.25) is 0 Å². The fourth-order valence-corrected chi connectivity index (χ4v) is 2.13. The molecular formula is C15H16OS. The van der Waals surface area contributed by atoms with E-state index in [2.05, 4.69) is 42.7 Å². The molecule has 2 heteroatoms. The lowest BCUT2D eigenvalue weighted by atomic mass is 10.1. The van der Waals surface area contributed by atoms with Crippen molar-refractivity contribution in [3.63, 3.8) is 0 Å². The first-order valence-corrected chi connectivity index (χ1v) is 6.80. The van der Waals surface area contributed by atoms with Crippen LogP contribution < -0.4 is 4.74 Å². The molecule has 0 atom stereocenters. The molecular weight excluding hydrogens is 228 g/mol. The summed E-state index contributed by atoms with van der Waals surface area (Å²) in [6, 6.07) is 17.0. The fraction of sp³-hybridized carbons (Fsp3) is 0.200. The second-order valence-corrected chi connectivity index (χ2v) is 4.75. The van der Waals surface area contributed by atoms with E-state index in [1.54, 1.807) is 18.9 Å². The summed E-state index contributed by atoms with van der Waals surface area (Å²) in [4.78, 5) is 1.31. The summed E-state index contributed by atoms with van der Waals surface area (Å²) >= 11 is 1.77. The molecule has 0 radical (unpaired) electrons. The molecule has 0 saturated heterocycles. The number of thioether (sulfide) groups is 1. The number of hydrogen-bond donors (Lipinski definition) is 0. The molecule has 0 aromatic heterocycles. The fourth-order valence-electron chi connectivity index (χ4n) is 1.72. The summed E-state index contributed by atoms with van der Waals surface area (Å²) in [5.41, 5.74) is 2.65. The van der Waals surface area contributed by atoms with Gasteiger partial charge in [-0.2, -0.15) is 0 Å². The van der Waals surface area contributed by atoms with Crippen molar-refractivity contribution in [2.45, 2.75) is 11.3 Å². The topological polar surface area (TPSA) is 9.23 Å². The van der Waals surface area contributed by atoms with Crippen LogP contribution >= 0.6 is 11.8 Å². The summed E-state index contributed by atoms with van der Waals surface area (Å²) in [6.07, 6.45) is 3.07. The summed E-state index contributed by atoms with van der Waals surface area (Å²) in [6.45, 7) is 0. The average molecular weight is 244 g/mol. The van der Waals surface area contributed by atoms with Crippen molar-refractivity contribution in [2.75, 3.05) is 13.4 Å². The Morgan fingerprint density at radius 2 is 1.41 bits per heavy atom. The second-order valence-electron chi connectivity index (χ2n) is 3.87. The van der Waals surface area contributed by atoms with Crippen LogP contribution in [0.15, 0.2) is 53.4 Å². The van der Waals surface area contributed by atoms with Crippen LogP contribution in [0, 0.1) is 0 Å². The van der Waals surface area contributed by atoms with Gasteiger partial charge in [0.2, 0.25) is 0 Å². The third-order valence-corrected chi connectivity index (χ3v) is 3.47. The minimum atomic E-state index is 0.909. The lowest BCUT2D eigenvalue weighted by Crippen LogP contribution is -1.89. The molecule has 0 amide bonds. The van der Waals surface area contributed by atoms with Crippen LogP contribution in [-0.2, 0) is 6.42 Å². The van der Waals surface area contributed by atoms with Crippen molar-refractivity contribution < 1.29 is 4.74 Å². The van der Waals surface area contributed by atoms with Gasteiger partial charge in [-0.25, -0.2) is 0 Å². The van der Waals surface area contributed by atoms with Gasteiger partial charge in [0.15, 0.2) is 0 Å². The van der Waals surface area contributed by atoms with Crippen LogP contribution in [-0.4, -0.2) is 13.4 Å². The predicted octanol–water partition coefficient (Wildman–Crippen LogP) is 4.01. The molecule has 88 valence electrons. The first-order chi connectivity index (χ1) is 8.31. The van der Waals surface area contributed by atoms with E-state index in [-0.39, 0.29) is 0 Å². The molecule has 0 fully saturated rings. The summed E-state index contributed by atoms with van der Waals surface area (Å²) in [5.74, 6) is 0.909. The molecule has 0 spiro atoms. The van der Waals surface area contributed by atoms with Crippen LogP contribution in [0.4, 0.5) is 0 Å². The second kappa shape index (κ2) is 5.78. The molecule has 0 heterocycles. The quantitative estimate of drug-likeness (QED) is 0.752. The normalized spacial score (nSPS) is 10.2. The molecule has 2 rings (SSSR count). The summed E-state index contributed by atoms with van der Waals surface area (Å²) in [5, 5.41) is 0. The highest BCUT2D eigenvalue weighted by molar-refractivity contribution is 7.98. The van der Waals surface area contributed by atoms with Crippen LogP contribution in [0.25, 0.3) is 0 Å². The molecule has 2 aromatic rings. The maximum atomic E-state index is 5.15. The number of methoxy groups -OCH3 is 1. The molecule has 1 nitrogen and oxygen atoms in total. The van der Waals surface area contributed by atoms with Gasteiger partial charge in [0.05, 0.1) is 7.11 Å². The maximum Gasteiger partial charge on any atom is 0.118 e. The molecule has 0 saturated carbocycles. The van der Waals surface area contributed by atoms with Crippen molar-refractivity contribution in [3.8, 4) is 5.75 Å². The predicted molar refractivity (Wildman–Crippen MR) is 74.0 cm³/mol. The minimum absolute atomic E-state index is 0.909. The third kappa shape index (κ3) is 3.27. The number of rotatable bonds is 4. The van der Waals surface area contributed by atoms with Crippen LogP contribution in [0.2, 0.25) is 0 Å². The first-order valence-electron chi connectivity index (χ1n) is 5.57. The zero-order valence-corrected chi connectivity index (χ0v) is 11.0. The minimum Gasteiger partial charge on any atom is -0.497 e. The highest BCUT2D eigenvalue weighted by atomic mass is 32.2. The van der Waals surface area contributed by atoms with Crippen LogP contribution in [0.3, 0.4) is 0 Å². The van der Waals surface area contributed by atoms with Gasteiger partial charge in [0.25, 0.3) is 0 Å². The van der Waals surface area contributed by atoms with E-state index < -0.39 is 0 Å². The van der Waals surface area contributed by atoms with Crippen molar-refractivity contribution in [1.29, 1.82) is 0 Å². The van der Waals surface area contributed by atoms with E-state index in [0.29, 0.717) is 0 Å². The van der Waals surface area contributed by atoms with Crippen molar-refractivity contribution in [1.82, 2.24) is 0 Å². The van der Waals surface area contributed by atoms with Crippen LogP contribution in [0.5, 0.6) is 5.75 Å². The SMILES string of the molecule is COc1ccc(Cc2ccc(SC)cc2)cc1. The smallest absolute Gasteiger partial charge is 0.118 e. The zero-order chi connectivity index (χ0) is 12.1. The monoisotopic (exact) mass is 244 g/mol. The Balaban J connectivity index is 2.08. The summed E-state index contributed by atoms with van der Waals surface area (Å²) < 4.78 is 5.15. The lowest BCUT2D eigenvalue weighted by molar-refractivity contribution is 0.414. The van der Waals surface area contributed by atoms with Crippen LogP contribution in [0.1, 0.15) is 11.1 Å². The van der Waals surface area contributed by atoms with Gasteiger partial charge in [0, 0.05) is 4.90 Å². The Labute approximate surface area is 107 Å². The van der Waals surface area contributed by atoms with Crippen molar-refractivity contribution >= 4 is 11.8 Å². The molecule has 2 aromatic carbocycles. The number of ether oxygens (including phenoxy) is 1. The molecule has 0 aliphatic carbocycles. The molecule has 0 unspecified atom stereocenters. The maximum absolute atomic E-state index is 5.15. The standard InChI is InChI=1S/C15H16OS/c1-16-14-7-3-12(4-8-14)11-13-5-9-15(17-2)10-6-13/h3-10H,11H2,1-2H3. The molecule has 0 N–H and O–H groups in total. The van der Waals surface area contributed by atoms with E-state index in [4.69, 9.17) is 4.74 Å². The molecule has 0 bridgehead atoms. The Morgan fingerprint density at radius 3 is 1.88 bits per heavy atom. The molecule has 0 aliphatic rings. The van der Waals surface area contributed by atoms with Gasteiger partial charge < -0.3 is 4.74 Å². The van der Waals surface area contributed by atoms with E-state index in [1.165, 1.54) is 16.0 Å². The van der Waals surface area contributed by atoms with Gasteiger partial charge in [-0.05, 0) is 48.1 Å². The van der Waals surface area contributed by atoms with Gasteiger partial charge in [-0.15, -0.1) is 11.8 Å². The molecule has 17 heavy (non-hydrogen) atoms. The highest BCUT2D eigenvalue weighted by Crippen LogP contribution is 2.18. The zero-order valence-electron chi connectivity index (χ0n) is 10.1. The Morgan fingerprint density at radius 1 is 0.882 bits per heavy atom. The largest absolute Gasteiger partial charge is 0.497 e. The number of benzene rings is 2. The van der Waals surface area contributed by atoms with E-state index in [0.717, 1.165) is 12.2 Å². The van der Waals surface area contributed by atoms with Crippen molar-refractivity contribution in [2.24, 2.45) is 0 Å². The van der Waals surface area contributed by atoms with Gasteiger partial charge >= 0.3 is 0 Å². The van der Waals surface area contributed by atoms with E-state index in [1.807, 2.05) is 12.1 Å². The molecule has 0 aliphatic heterocycles. The first kappa shape index (κ1) is 12.1. The highest BCUT2D eigenvalue weighted by Gasteiger charge is 1.97. The third-order valence-electron chi connectivity index (χ3n) is 2.73. The van der Waals surface area contributed by atoms with Gasteiger partial charge in [0.1, 0.15) is 5.75 Å².